The van der Waals surface area contributed by atoms with Crippen LogP contribution in [0.4, 0.5) is 4.79 Å². The zero-order valence-electron chi connectivity index (χ0n) is 13.7. The highest BCUT2D eigenvalue weighted by Crippen LogP contribution is 2.38. The van der Waals surface area contributed by atoms with Gasteiger partial charge in [0.25, 0.3) is 0 Å². The van der Waals surface area contributed by atoms with Crippen molar-refractivity contribution in [1.82, 2.24) is 10.6 Å². The van der Waals surface area contributed by atoms with E-state index in [9.17, 15) is 14.7 Å². The summed E-state index contributed by atoms with van der Waals surface area (Å²) in [5.74, 6) is -0.628. The van der Waals surface area contributed by atoms with Crippen molar-refractivity contribution in [2.24, 2.45) is 17.8 Å². The number of hydrogen-bond acceptors (Lipinski definition) is 2. The predicted octanol–water partition coefficient (Wildman–Crippen LogP) is 3.00. The van der Waals surface area contributed by atoms with Gasteiger partial charge < -0.3 is 15.7 Å². The molecule has 0 spiro atoms. The first-order valence-electron chi connectivity index (χ1n) is 8.13. The molecule has 0 saturated heterocycles. The van der Waals surface area contributed by atoms with E-state index >= 15 is 0 Å². The molecular formula is C16H30N2O3. The van der Waals surface area contributed by atoms with Crippen molar-refractivity contribution in [2.75, 3.05) is 6.54 Å². The van der Waals surface area contributed by atoms with E-state index in [1.165, 1.54) is 0 Å². The third kappa shape index (κ3) is 4.11. The van der Waals surface area contributed by atoms with E-state index in [-0.39, 0.29) is 17.9 Å². The van der Waals surface area contributed by atoms with E-state index in [1.807, 2.05) is 13.8 Å². The van der Waals surface area contributed by atoms with E-state index < -0.39 is 11.5 Å². The highest BCUT2D eigenvalue weighted by Gasteiger charge is 2.51. The van der Waals surface area contributed by atoms with Gasteiger partial charge in [-0.3, -0.25) is 0 Å². The number of carbonyl (C=O) groups excluding carboxylic acids is 1. The van der Waals surface area contributed by atoms with Gasteiger partial charge in [0, 0.05) is 6.54 Å². The molecule has 0 aliphatic heterocycles. The van der Waals surface area contributed by atoms with Gasteiger partial charge in [-0.1, -0.05) is 40.5 Å². The molecule has 0 radical (unpaired) electrons. The number of rotatable bonds is 6. The van der Waals surface area contributed by atoms with E-state index in [1.54, 1.807) is 0 Å². The van der Waals surface area contributed by atoms with E-state index in [4.69, 9.17) is 0 Å². The molecule has 1 saturated carbocycles. The SMILES string of the molecule is CCCC(C)CNC(=O)NC1(C(=O)O)C(C)CCCC1C. The van der Waals surface area contributed by atoms with E-state index in [2.05, 4.69) is 24.5 Å². The summed E-state index contributed by atoms with van der Waals surface area (Å²) in [6.07, 6.45) is 4.83. The maximum Gasteiger partial charge on any atom is 0.330 e. The van der Waals surface area contributed by atoms with Crippen LogP contribution in [0.1, 0.15) is 59.8 Å². The topological polar surface area (TPSA) is 78.4 Å². The van der Waals surface area contributed by atoms with Gasteiger partial charge in [0.1, 0.15) is 5.54 Å². The van der Waals surface area contributed by atoms with Crippen molar-refractivity contribution < 1.29 is 14.7 Å². The Balaban J connectivity index is 2.70. The summed E-state index contributed by atoms with van der Waals surface area (Å²) in [5, 5.41) is 15.3. The first kappa shape index (κ1) is 17.8. The molecule has 0 aromatic carbocycles. The van der Waals surface area contributed by atoms with Crippen LogP contribution in [0, 0.1) is 17.8 Å². The maximum atomic E-state index is 12.1. The second-order valence-electron chi connectivity index (χ2n) is 6.64. The molecule has 5 nitrogen and oxygen atoms in total. The first-order chi connectivity index (χ1) is 9.84. The molecule has 122 valence electrons. The second-order valence-corrected chi connectivity index (χ2v) is 6.64. The van der Waals surface area contributed by atoms with Crippen LogP contribution in [0.5, 0.6) is 0 Å². The second kappa shape index (κ2) is 7.66. The lowest BCUT2D eigenvalue weighted by atomic mass is 9.67. The Morgan fingerprint density at radius 1 is 1.29 bits per heavy atom. The van der Waals surface area contributed by atoms with Crippen LogP contribution in [0.2, 0.25) is 0 Å². The van der Waals surface area contributed by atoms with Gasteiger partial charge in [-0.05, 0) is 37.0 Å². The molecule has 3 atom stereocenters. The van der Waals surface area contributed by atoms with E-state index in [0.29, 0.717) is 12.5 Å². The minimum atomic E-state index is -1.14. The molecule has 3 N–H and O–H groups in total. The third-order valence-corrected chi connectivity index (χ3v) is 4.90. The Bertz CT molecular complexity index is 361. The minimum absolute atomic E-state index is 0.0578. The van der Waals surface area contributed by atoms with Crippen molar-refractivity contribution in [3.63, 3.8) is 0 Å². The van der Waals surface area contributed by atoms with Crippen molar-refractivity contribution in [2.45, 2.75) is 65.3 Å². The van der Waals surface area contributed by atoms with Crippen molar-refractivity contribution >= 4 is 12.0 Å². The van der Waals surface area contributed by atoms with Crippen LogP contribution < -0.4 is 10.6 Å². The molecule has 0 aromatic rings. The van der Waals surface area contributed by atoms with Crippen molar-refractivity contribution in [1.29, 1.82) is 0 Å². The van der Waals surface area contributed by atoms with Gasteiger partial charge in [-0.25, -0.2) is 9.59 Å². The minimum Gasteiger partial charge on any atom is -0.479 e. The fraction of sp³-hybridized carbons (Fsp3) is 0.875. The summed E-state index contributed by atoms with van der Waals surface area (Å²) < 4.78 is 0. The highest BCUT2D eigenvalue weighted by atomic mass is 16.4. The van der Waals surface area contributed by atoms with Crippen molar-refractivity contribution in [3.05, 3.63) is 0 Å². The number of carboxylic acids is 1. The number of urea groups is 1. The molecule has 2 amide bonds. The Labute approximate surface area is 127 Å². The largest absolute Gasteiger partial charge is 0.479 e. The molecule has 0 bridgehead atoms. The molecule has 0 aromatic heterocycles. The van der Waals surface area contributed by atoms with Crippen LogP contribution in [-0.4, -0.2) is 29.2 Å². The number of aliphatic carboxylic acids is 1. The fourth-order valence-corrected chi connectivity index (χ4v) is 3.49. The Morgan fingerprint density at radius 2 is 1.86 bits per heavy atom. The first-order valence-corrected chi connectivity index (χ1v) is 8.13. The zero-order valence-corrected chi connectivity index (χ0v) is 13.7. The normalized spacial score (nSPS) is 30.5. The smallest absolute Gasteiger partial charge is 0.330 e. The van der Waals surface area contributed by atoms with Gasteiger partial charge in [0.15, 0.2) is 0 Å². The lowest BCUT2D eigenvalue weighted by Crippen LogP contribution is -2.65. The summed E-state index contributed by atoms with van der Waals surface area (Å²) in [4.78, 5) is 24.0. The molecule has 3 unspecified atom stereocenters. The molecule has 1 aliphatic rings. The fourth-order valence-electron chi connectivity index (χ4n) is 3.49. The van der Waals surface area contributed by atoms with Gasteiger partial charge in [-0.15, -0.1) is 0 Å². The summed E-state index contributed by atoms with van der Waals surface area (Å²) in [6.45, 7) is 8.62. The average Bonchev–Trinajstić information content (AvgIpc) is 2.41. The number of nitrogens with one attached hydrogen (secondary N) is 2. The van der Waals surface area contributed by atoms with Gasteiger partial charge >= 0.3 is 12.0 Å². The standard InChI is InChI=1S/C16H30N2O3/c1-5-7-11(2)10-17-15(21)18-16(14(19)20)12(3)8-6-9-13(16)4/h11-13H,5-10H2,1-4H3,(H,19,20)(H2,17,18,21). The molecule has 1 aliphatic carbocycles. The van der Waals surface area contributed by atoms with Crippen LogP contribution >= 0.6 is 0 Å². The maximum absolute atomic E-state index is 12.1. The quantitative estimate of drug-likeness (QED) is 0.705. The Kier molecular flexibility index (Phi) is 6.49. The lowest BCUT2D eigenvalue weighted by molar-refractivity contribution is -0.151. The Hall–Kier alpha value is -1.26. The van der Waals surface area contributed by atoms with Crippen LogP contribution in [0.25, 0.3) is 0 Å². The molecular weight excluding hydrogens is 268 g/mol. The monoisotopic (exact) mass is 298 g/mol. The highest BCUT2D eigenvalue weighted by molar-refractivity contribution is 5.87. The number of hydrogen-bond donors (Lipinski definition) is 3. The average molecular weight is 298 g/mol. The van der Waals surface area contributed by atoms with Crippen molar-refractivity contribution in [3.8, 4) is 0 Å². The van der Waals surface area contributed by atoms with Crippen LogP contribution in [0.15, 0.2) is 0 Å². The number of carbonyl (C=O) groups is 2. The molecule has 0 heterocycles. The lowest BCUT2D eigenvalue weighted by Gasteiger charge is -2.44. The van der Waals surface area contributed by atoms with Crippen LogP contribution in [0.3, 0.4) is 0 Å². The molecule has 1 rings (SSSR count). The number of amides is 2. The van der Waals surface area contributed by atoms with Gasteiger partial charge in [0.05, 0.1) is 0 Å². The third-order valence-electron chi connectivity index (χ3n) is 4.90. The van der Waals surface area contributed by atoms with Gasteiger partial charge in [-0.2, -0.15) is 0 Å². The summed E-state index contributed by atoms with van der Waals surface area (Å²) in [5.41, 5.74) is -1.14. The molecule has 5 heteroatoms. The predicted molar refractivity (Wildman–Crippen MR) is 83.2 cm³/mol. The van der Waals surface area contributed by atoms with Gasteiger partial charge in [0.2, 0.25) is 0 Å². The molecule has 21 heavy (non-hydrogen) atoms. The Morgan fingerprint density at radius 3 is 2.33 bits per heavy atom. The number of carboxylic acid groups (broad SMARTS) is 1. The summed E-state index contributed by atoms with van der Waals surface area (Å²) in [7, 11) is 0. The van der Waals surface area contributed by atoms with Crippen LogP contribution in [-0.2, 0) is 4.79 Å². The zero-order chi connectivity index (χ0) is 16.0. The summed E-state index contributed by atoms with van der Waals surface area (Å²) >= 11 is 0. The van der Waals surface area contributed by atoms with E-state index in [0.717, 1.165) is 32.1 Å². The summed E-state index contributed by atoms with van der Waals surface area (Å²) in [6, 6.07) is -0.360. The molecule has 1 fully saturated rings.